The molecule has 2 aromatic rings. The Hall–Kier alpha value is -2.61. The highest BCUT2D eigenvalue weighted by molar-refractivity contribution is 5.79. The maximum Gasteiger partial charge on any atom is 0.194 e. The first kappa shape index (κ1) is 21.1. The van der Waals surface area contributed by atoms with Crippen LogP contribution in [0.15, 0.2) is 29.3 Å². The number of aliphatic imine (C=N–C) groups is 1. The number of benzene rings is 1. The van der Waals surface area contributed by atoms with Crippen molar-refractivity contribution in [2.75, 3.05) is 39.2 Å². The molecule has 8 heteroatoms. The Labute approximate surface area is 173 Å². The SMILES string of the molecule is Cc1nnc(CN=C(NCC2CCCO2)N(C)Cc2cccc(N(C)C)c2)n1C. The van der Waals surface area contributed by atoms with Gasteiger partial charge in [-0.3, -0.25) is 0 Å². The van der Waals surface area contributed by atoms with Gasteiger partial charge in [0.1, 0.15) is 12.4 Å². The van der Waals surface area contributed by atoms with E-state index >= 15 is 0 Å². The third kappa shape index (κ3) is 5.69. The monoisotopic (exact) mass is 399 g/mol. The number of aryl methyl sites for hydroxylation is 1. The molecular formula is C21H33N7O. The Balaban J connectivity index is 1.72. The number of ether oxygens (including phenoxy) is 1. The smallest absolute Gasteiger partial charge is 0.194 e. The molecule has 0 bridgehead atoms. The Morgan fingerprint density at radius 2 is 2.14 bits per heavy atom. The van der Waals surface area contributed by atoms with Gasteiger partial charge in [0.25, 0.3) is 0 Å². The van der Waals surface area contributed by atoms with Gasteiger partial charge in [-0.2, -0.15) is 0 Å². The highest BCUT2D eigenvalue weighted by Gasteiger charge is 2.17. The first-order valence-electron chi connectivity index (χ1n) is 10.2. The second kappa shape index (κ2) is 9.73. The maximum atomic E-state index is 5.76. The predicted octanol–water partition coefficient (Wildman–Crippen LogP) is 1.95. The molecule has 1 unspecified atom stereocenters. The van der Waals surface area contributed by atoms with Crippen molar-refractivity contribution in [1.82, 2.24) is 25.0 Å². The van der Waals surface area contributed by atoms with Gasteiger partial charge in [0.05, 0.1) is 6.10 Å². The quantitative estimate of drug-likeness (QED) is 0.567. The van der Waals surface area contributed by atoms with Crippen LogP contribution in [0.25, 0.3) is 0 Å². The first-order valence-corrected chi connectivity index (χ1v) is 10.2. The minimum absolute atomic E-state index is 0.253. The third-order valence-electron chi connectivity index (χ3n) is 5.27. The van der Waals surface area contributed by atoms with Crippen molar-refractivity contribution in [3.63, 3.8) is 0 Å². The van der Waals surface area contributed by atoms with Crippen molar-refractivity contribution in [2.24, 2.45) is 12.0 Å². The van der Waals surface area contributed by atoms with Crippen LogP contribution in [0.1, 0.15) is 30.1 Å². The van der Waals surface area contributed by atoms with Crippen LogP contribution in [0.4, 0.5) is 5.69 Å². The van der Waals surface area contributed by atoms with E-state index in [0.717, 1.165) is 50.1 Å². The summed E-state index contributed by atoms with van der Waals surface area (Å²) >= 11 is 0. The molecule has 1 N–H and O–H groups in total. The molecule has 1 aliphatic heterocycles. The van der Waals surface area contributed by atoms with Crippen LogP contribution in [0, 0.1) is 6.92 Å². The fourth-order valence-corrected chi connectivity index (χ4v) is 3.34. The molecule has 1 saturated heterocycles. The molecule has 29 heavy (non-hydrogen) atoms. The normalized spacial score (nSPS) is 16.9. The van der Waals surface area contributed by atoms with Crippen LogP contribution < -0.4 is 10.2 Å². The summed E-state index contributed by atoms with van der Waals surface area (Å²) in [6.45, 7) is 4.80. The van der Waals surface area contributed by atoms with Crippen molar-refractivity contribution in [3.8, 4) is 0 Å². The summed E-state index contributed by atoms with van der Waals surface area (Å²) in [5.74, 6) is 2.58. The van der Waals surface area contributed by atoms with Gasteiger partial charge in [-0.1, -0.05) is 12.1 Å². The van der Waals surface area contributed by atoms with Crippen LogP contribution >= 0.6 is 0 Å². The number of hydrogen-bond acceptors (Lipinski definition) is 5. The van der Waals surface area contributed by atoms with E-state index in [1.54, 1.807) is 0 Å². The van der Waals surface area contributed by atoms with Gasteiger partial charge in [0.15, 0.2) is 11.8 Å². The summed E-state index contributed by atoms with van der Waals surface area (Å²) in [5, 5.41) is 11.9. The van der Waals surface area contributed by atoms with Crippen LogP contribution in [0.2, 0.25) is 0 Å². The fraction of sp³-hybridized carbons (Fsp3) is 0.571. The van der Waals surface area contributed by atoms with E-state index in [1.807, 2.05) is 18.5 Å². The second-order valence-electron chi connectivity index (χ2n) is 7.80. The van der Waals surface area contributed by atoms with Gasteiger partial charge in [0.2, 0.25) is 0 Å². The molecule has 1 aromatic heterocycles. The lowest BCUT2D eigenvalue weighted by molar-refractivity contribution is 0.113. The van der Waals surface area contributed by atoms with E-state index in [4.69, 9.17) is 9.73 Å². The number of guanidine groups is 1. The van der Waals surface area contributed by atoms with Gasteiger partial charge in [-0.25, -0.2) is 4.99 Å². The molecular weight excluding hydrogens is 366 g/mol. The number of aromatic nitrogens is 3. The van der Waals surface area contributed by atoms with Crippen molar-refractivity contribution in [3.05, 3.63) is 41.5 Å². The Kier molecular flexibility index (Phi) is 7.09. The summed E-state index contributed by atoms with van der Waals surface area (Å²) in [7, 11) is 8.14. The topological polar surface area (TPSA) is 70.8 Å². The fourth-order valence-electron chi connectivity index (χ4n) is 3.34. The molecule has 2 heterocycles. The van der Waals surface area contributed by atoms with Crippen molar-refractivity contribution >= 4 is 11.6 Å². The summed E-state index contributed by atoms with van der Waals surface area (Å²) in [6, 6.07) is 8.56. The molecule has 1 aromatic carbocycles. The van der Waals surface area contributed by atoms with Gasteiger partial charge in [-0.05, 0) is 37.5 Å². The zero-order valence-corrected chi connectivity index (χ0v) is 18.2. The van der Waals surface area contributed by atoms with E-state index < -0.39 is 0 Å². The van der Waals surface area contributed by atoms with Crippen LogP contribution in [-0.2, 0) is 24.9 Å². The minimum Gasteiger partial charge on any atom is -0.378 e. The lowest BCUT2D eigenvalue weighted by Crippen LogP contribution is -2.42. The highest BCUT2D eigenvalue weighted by atomic mass is 16.5. The average molecular weight is 400 g/mol. The zero-order valence-electron chi connectivity index (χ0n) is 18.2. The van der Waals surface area contributed by atoms with Gasteiger partial charge in [0, 0.05) is 53.6 Å². The standard InChI is InChI=1S/C21H33N7O/c1-16-24-25-20(28(16)5)14-23-21(22-13-19-10-7-11-29-19)27(4)15-17-8-6-9-18(12-17)26(2)3/h6,8-9,12,19H,7,10-11,13-15H2,1-5H3,(H,22,23). The molecule has 3 rings (SSSR count). The molecule has 1 atom stereocenters. The number of nitrogens with zero attached hydrogens (tertiary/aromatic N) is 6. The van der Waals surface area contributed by atoms with E-state index in [1.165, 1.54) is 11.3 Å². The largest absolute Gasteiger partial charge is 0.378 e. The molecule has 0 aliphatic carbocycles. The van der Waals surface area contributed by atoms with Crippen molar-refractivity contribution < 1.29 is 4.74 Å². The Morgan fingerprint density at radius 1 is 1.31 bits per heavy atom. The van der Waals surface area contributed by atoms with Crippen LogP contribution in [0.5, 0.6) is 0 Å². The van der Waals surface area contributed by atoms with Crippen molar-refractivity contribution in [2.45, 2.75) is 39.0 Å². The minimum atomic E-state index is 0.253. The molecule has 0 saturated carbocycles. The number of nitrogens with one attached hydrogen (secondary N) is 1. The lowest BCUT2D eigenvalue weighted by Gasteiger charge is -2.24. The average Bonchev–Trinajstić information content (AvgIpc) is 3.33. The van der Waals surface area contributed by atoms with Gasteiger partial charge < -0.3 is 24.4 Å². The molecule has 1 aliphatic rings. The molecule has 158 valence electrons. The van der Waals surface area contributed by atoms with E-state index in [9.17, 15) is 0 Å². The first-order chi connectivity index (χ1) is 13.9. The summed E-state index contributed by atoms with van der Waals surface area (Å²) in [4.78, 5) is 9.09. The predicted molar refractivity (Wildman–Crippen MR) is 116 cm³/mol. The summed E-state index contributed by atoms with van der Waals surface area (Å²) < 4.78 is 7.73. The number of rotatable bonds is 7. The molecule has 0 radical (unpaired) electrons. The number of hydrogen-bond donors (Lipinski definition) is 1. The highest BCUT2D eigenvalue weighted by Crippen LogP contribution is 2.15. The Bertz CT molecular complexity index is 824. The van der Waals surface area contributed by atoms with Gasteiger partial charge >= 0.3 is 0 Å². The molecule has 1 fully saturated rings. The van der Waals surface area contributed by atoms with E-state index in [0.29, 0.717) is 6.54 Å². The zero-order chi connectivity index (χ0) is 20.8. The number of anilines is 1. The molecule has 0 spiro atoms. The van der Waals surface area contributed by atoms with Crippen LogP contribution in [-0.4, -0.2) is 66.0 Å². The lowest BCUT2D eigenvalue weighted by atomic mass is 10.2. The van der Waals surface area contributed by atoms with E-state index in [-0.39, 0.29) is 6.10 Å². The third-order valence-corrected chi connectivity index (χ3v) is 5.27. The molecule has 0 amide bonds. The van der Waals surface area contributed by atoms with Crippen LogP contribution in [0.3, 0.4) is 0 Å². The summed E-state index contributed by atoms with van der Waals surface area (Å²) in [6.07, 6.45) is 2.48. The Morgan fingerprint density at radius 3 is 2.79 bits per heavy atom. The summed E-state index contributed by atoms with van der Waals surface area (Å²) in [5.41, 5.74) is 2.43. The molecule has 8 nitrogen and oxygen atoms in total. The maximum absolute atomic E-state index is 5.76. The van der Waals surface area contributed by atoms with Gasteiger partial charge in [-0.15, -0.1) is 10.2 Å². The second-order valence-corrected chi connectivity index (χ2v) is 7.80. The van der Waals surface area contributed by atoms with E-state index in [2.05, 4.69) is 70.7 Å². The van der Waals surface area contributed by atoms with Crippen molar-refractivity contribution in [1.29, 1.82) is 0 Å².